The lowest BCUT2D eigenvalue weighted by molar-refractivity contribution is -0.140. The number of fused-ring (bicyclic) bond motifs is 1. The minimum absolute atomic E-state index is 0.124. The Morgan fingerprint density at radius 1 is 0.974 bits per heavy atom. The van der Waals surface area contributed by atoms with E-state index < -0.39 is 6.04 Å². The molecule has 2 heterocycles. The second-order valence-corrected chi connectivity index (χ2v) is 9.65. The number of benzene rings is 3. The number of ether oxygens (including phenoxy) is 1. The van der Waals surface area contributed by atoms with Crippen molar-refractivity contribution in [2.75, 3.05) is 6.61 Å². The number of furan rings is 1. The first kappa shape index (κ1) is 26.1. The maximum atomic E-state index is 13.9. The molecular weight excluding hydrogens is 490 g/mol. The van der Waals surface area contributed by atoms with Crippen molar-refractivity contribution >= 4 is 16.8 Å². The Bertz CT molecular complexity index is 1640. The van der Waals surface area contributed by atoms with Gasteiger partial charge >= 0.3 is 0 Å². The first-order chi connectivity index (χ1) is 18.9. The summed E-state index contributed by atoms with van der Waals surface area (Å²) in [6.45, 7) is 6.32. The van der Waals surface area contributed by atoms with Gasteiger partial charge in [0, 0.05) is 0 Å². The van der Waals surface area contributed by atoms with Gasteiger partial charge in [-0.3, -0.25) is 14.2 Å². The monoisotopic (exact) mass is 521 g/mol. The van der Waals surface area contributed by atoms with Gasteiger partial charge in [-0.1, -0.05) is 48.5 Å². The molecule has 1 amide bonds. The molecule has 1 atom stereocenters. The third kappa shape index (κ3) is 5.68. The van der Waals surface area contributed by atoms with Crippen LogP contribution in [0.5, 0.6) is 0 Å². The van der Waals surface area contributed by atoms with Crippen molar-refractivity contribution < 1.29 is 13.9 Å². The highest BCUT2D eigenvalue weighted by atomic mass is 16.5. The van der Waals surface area contributed by atoms with Crippen LogP contribution in [0, 0.1) is 13.8 Å². The van der Waals surface area contributed by atoms with Crippen molar-refractivity contribution in [2.24, 2.45) is 0 Å². The molecule has 198 valence electrons. The summed E-state index contributed by atoms with van der Waals surface area (Å²) in [5.74, 6) is 0.855. The van der Waals surface area contributed by atoms with Crippen molar-refractivity contribution in [1.82, 2.24) is 14.5 Å². The molecule has 2 aromatic heterocycles. The average Bonchev–Trinajstić information content (AvgIpc) is 3.47. The number of hydrogen-bond donors (Lipinski definition) is 0. The minimum atomic E-state index is -0.568. The summed E-state index contributed by atoms with van der Waals surface area (Å²) >= 11 is 0. The van der Waals surface area contributed by atoms with Crippen molar-refractivity contribution in [1.29, 1.82) is 0 Å². The van der Waals surface area contributed by atoms with E-state index in [0.29, 0.717) is 34.8 Å². The van der Waals surface area contributed by atoms with Crippen LogP contribution < -0.4 is 5.56 Å². The molecule has 0 radical (unpaired) electrons. The zero-order valence-electron chi connectivity index (χ0n) is 22.3. The summed E-state index contributed by atoms with van der Waals surface area (Å²) in [5, 5.41) is 0.516. The van der Waals surface area contributed by atoms with E-state index in [1.165, 1.54) is 0 Å². The number of carbonyl (C=O) groups is 1. The van der Waals surface area contributed by atoms with Gasteiger partial charge in [0.15, 0.2) is 0 Å². The van der Waals surface area contributed by atoms with E-state index in [1.807, 2.05) is 93.6 Å². The van der Waals surface area contributed by atoms with E-state index in [1.54, 1.807) is 27.9 Å². The predicted octanol–water partition coefficient (Wildman–Crippen LogP) is 5.90. The molecule has 0 saturated carbocycles. The summed E-state index contributed by atoms with van der Waals surface area (Å²) in [4.78, 5) is 34.1. The van der Waals surface area contributed by atoms with Gasteiger partial charge in [0.2, 0.25) is 5.91 Å². The fraction of sp³-hybridized carbons (Fsp3) is 0.219. The number of hydrogen-bond acceptors (Lipinski definition) is 5. The van der Waals surface area contributed by atoms with Gasteiger partial charge in [-0.15, -0.1) is 0 Å². The fourth-order valence-electron chi connectivity index (χ4n) is 4.61. The van der Waals surface area contributed by atoms with Crippen LogP contribution in [0.15, 0.2) is 100 Å². The standard InChI is InChI=1S/C32H31N3O4/c1-22-15-16-26(18-23(22)2)35-31(33-29-14-8-7-13-28(29)32(35)37)24(3)34(19-27-12-9-17-39-27)30(36)21-38-20-25-10-5-4-6-11-25/h4-18,24H,19-21H2,1-3H3. The maximum absolute atomic E-state index is 13.9. The van der Waals surface area contributed by atoms with E-state index in [0.717, 1.165) is 16.7 Å². The van der Waals surface area contributed by atoms with Crippen LogP contribution in [0.2, 0.25) is 0 Å². The molecule has 5 aromatic rings. The Kier molecular flexibility index (Phi) is 7.70. The van der Waals surface area contributed by atoms with Crippen molar-refractivity contribution in [3.8, 4) is 5.69 Å². The molecule has 0 aliphatic rings. The SMILES string of the molecule is Cc1ccc(-n2c(C(C)N(Cc3ccco3)C(=O)COCc3ccccc3)nc3ccccc3c2=O)cc1C. The molecule has 0 spiro atoms. The van der Waals surface area contributed by atoms with Gasteiger partial charge in [-0.05, 0) is 73.9 Å². The Hall–Kier alpha value is -4.49. The van der Waals surface area contributed by atoms with E-state index in [4.69, 9.17) is 14.1 Å². The second kappa shape index (κ2) is 11.5. The lowest BCUT2D eigenvalue weighted by Gasteiger charge is -2.30. The highest BCUT2D eigenvalue weighted by Crippen LogP contribution is 2.26. The summed E-state index contributed by atoms with van der Waals surface area (Å²) in [5.41, 5.74) is 4.26. The summed E-state index contributed by atoms with van der Waals surface area (Å²) in [6, 6.07) is 25.9. The smallest absolute Gasteiger partial charge is 0.266 e. The molecule has 1 unspecified atom stereocenters. The van der Waals surface area contributed by atoms with Crippen LogP contribution in [0.1, 0.15) is 41.2 Å². The number of amides is 1. The quantitative estimate of drug-likeness (QED) is 0.241. The van der Waals surface area contributed by atoms with Crippen LogP contribution in [0.4, 0.5) is 0 Å². The predicted molar refractivity (Wildman–Crippen MR) is 151 cm³/mol. The van der Waals surface area contributed by atoms with Gasteiger partial charge in [0.25, 0.3) is 5.56 Å². The normalized spacial score (nSPS) is 12.0. The van der Waals surface area contributed by atoms with Gasteiger partial charge in [0.1, 0.15) is 18.2 Å². The number of rotatable bonds is 9. The molecule has 3 aromatic carbocycles. The minimum Gasteiger partial charge on any atom is -0.467 e. The van der Waals surface area contributed by atoms with Gasteiger partial charge in [-0.25, -0.2) is 4.98 Å². The molecule has 7 heteroatoms. The lowest BCUT2D eigenvalue weighted by atomic mass is 10.1. The van der Waals surface area contributed by atoms with Crippen LogP contribution in [-0.4, -0.2) is 27.0 Å². The van der Waals surface area contributed by atoms with Crippen LogP contribution in [0.25, 0.3) is 16.6 Å². The molecule has 0 fully saturated rings. The molecule has 7 nitrogen and oxygen atoms in total. The molecule has 0 aliphatic heterocycles. The zero-order chi connectivity index (χ0) is 27.4. The Morgan fingerprint density at radius 3 is 2.49 bits per heavy atom. The molecule has 0 N–H and O–H groups in total. The fourth-order valence-corrected chi connectivity index (χ4v) is 4.61. The van der Waals surface area contributed by atoms with E-state index in [-0.39, 0.29) is 24.6 Å². The van der Waals surface area contributed by atoms with Gasteiger partial charge in [-0.2, -0.15) is 0 Å². The molecular formula is C32H31N3O4. The highest BCUT2D eigenvalue weighted by molar-refractivity contribution is 5.79. The number of aryl methyl sites for hydroxylation is 2. The maximum Gasteiger partial charge on any atom is 0.266 e. The highest BCUT2D eigenvalue weighted by Gasteiger charge is 2.28. The van der Waals surface area contributed by atoms with Crippen LogP contribution in [-0.2, 0) is 22.7 Å². The molecule has 5 rings (SSSR count). The second-order valence-electron chi connectivity index (χ2n) is 9.65. The van der Waals surface area contributed by atoms with Crippen molar-refractivity contribution in [3.63, 3.8) is 0 Å². The molecule has 0 aliphatic carbocycles. The first-order valence-electron chi connectivity index (χ1n) is 12.9. The summed E-state index contributed by atoms with van der Waals surface area (Å²) in [6.07, 6.45) is 1.58. The Labute approximate surface area is 227 Å². The first-order valence-corrected chi connectivity index (χ1v) is 12.9. The number of carbonyl (C=O) groups excluding carboxylic acids is 1. The summed E-state index contributed by atoms with van der Waals surface area (Å²) in [7, 11) is 0. The summed E-state index contributed by atoms with van der Waals surface area (Å²) < 4.78 is 13.0. The molecule has 0 bridgehead atoms. The number of para-hydroxylation sites is 1. The van der Waals surface area contributed by atoms with E-state index in [2.05, 4.69) is 0 Å². The van der Waals surface area contributed by atoms with E-state index in [9.17, 15) is 9.59 Å². The van der Waals surface area contributed by atoms with Crippen molar-refractivity contribution in [2.45, 2.75) is 40.0 Å². The zero-order valence-corrected chi connectivity index (χ0v) is 22.3. The van der Waals surface area contributed by atoms with Crippen molar-refractivity contribution in [3.05, 3.63) is 130 Å². The topological polar surface area (TPSA) is 77.6 Å². The average molecular weight is 522 g/mol. The van der Waals surface area contributed by atoms with Crippen LogP contribution >= 0.6 is 0 Å². The Balaban J connectivity index is 1.55. The largest absolute Gasteiger partial charge is 0.467 e. The third-order valence-corrected chi connectivity index (χ3v) is 6.96. The lowest BCUT2D eigenvalue weighted by Crippen LogP contribution is -2.39. The van der Waals surface area contributed by atoms with E-state index >= 15 is 0 Å². The third-order valence-electron chi connectivity index (χ3n) is 6.96. The van der Waals surface area contributed by atoms with Crippen LogP contribution in [0.3, 0.4) is 0 Å². The number of aromatic nitrogens is 2. The van der Waals surface area contributed by atoms with Gasteiger partial charge in [0.05, 0.1) is 42.0 Å². The van der Waals surface area contributed by atoms with Gasteiger partial charge < -0.3 is 14.1 Å². The Morgan fingerprint density at radius 2 is 1.74 bits per heavy atom. The number of nitrogens with zero attached hydrogens (tertiary/aromatic N) is 3. The molecule has 0 saturated heterocycles. The molecule has 39 heavy (non-hydrogen) atoms.